The number of benzene rings is 2. The summed E-state index contributed by atoms with van der Waals surface area (Å²) >= 11 is 0. The lowest BCUT2D eigenvalue weighted by molar-refractivity contribution is 0.102. The molecule has 2 N–H and O–H groups in total. The molecular formula is C23H20FN5O. The summed E-state index contributed by atoms with van der Waals surface area (Å²) in [6, 6.07) is 13.3. The summed E-state index contributed by atoms with van der Waals surface area (Å²) in [6.45, 7) is 4.08. The molecule has 2 heterocycles. The fraction of sp³-hybridized carbons (Fsp3) is 0.130. The summed E-state index contributed by atoms with van der Waals surface area (Å²) in [5, 5.41) is 7.83. The van der Waals surface area contributed by atoms with Gasteiger partial charge < -0.3 is 10.6 Å². The molecular weight excluding hydrogens is 381 g/mol. The van der Waals surface area contributed by atoms with Gasteiger partial charge in [-0.15, -0.1) is 0 Å². The lowest BCUT2D eigenvalue weighted by atomic mass is 10.1. The van der Waals surface area contributed by atoms with Crippen molar-refractivity contribution in [3.8, 4) is 11.3 Å². The molecule has 0 saturated carbocycles. The highest BCUT2D eigenvalue weighted by molar-refractivity contribution is 6.04. The summed E-state index contributed by atoms with van der Waals surface area (Å²) in [7, 11) is 0. The number of nitrogens with zero attached hydrogens (tertiary/aromatic N) is 3. The Morgan fingerprint density at radius 2 is 1.73 bits per heavy atom. The van der Waals surface area contributed by atoms with Gasteiger partial charge in [-0.05, 0) is 55.6 Å². The number of fused-ring (bicyclic) bond motifs is 1. The van der Waals surface area contributed by atoms with Crippen LogP contribution in [0.5, 0.6) is 0 Å². The highest BCUT2D eigenvalue weighted by Gasteiger charge is 2.09. The maximum absolute atomic E-state index is 13.1. The number of rotatable bonds is 5. The zero-order valence-corrected chi connectivity index (χ0v) is 16.6. The van der Waals surface area contributed by atoms with E-state index in [0.29, 0.717) is 17.2 Å². The minimum atomic E-state index is -0.390. The third-order valence-corrected chi connectivity index (χ3v) is 4.44. The first kappa shape index (κ1) is 19.4. The van der Waals surface area contributed by atoms with Gasteiger partial charge in [-0.1, -0.05) is 12.1 Å². The number of anilines is 2. The molecule has 1 amide bonds. The SMILES string of the molecule is CC(C)Nc1cncc(-c2ccc3cnc(NC(=O)c4ccc(F)cc4)cc3c2)n1. The van der Waals surface area contributed by atoms with Gasteiger partial charge in [0.25, 0.3) is 5.91 Å². The lowest BCUT2D eigenvalue weighted by Crippen LogP contribution is -2.12. The van der Waals surface area contributed by atoms with Gasteiger partial charge in [0.1, 0.15) is 17.5 Å². The van der Waals surface area contributed by atoms with E-state index < -0.39 is 5.82 Å². The number of nitrogens with one attached hydrogen (secondary N) is 2. The average Bonchev–Trinajstić information content (AvgIpc) is 2.73. The number of aromatic nitrogens is 3. The van der Waals surface area contributed by atoms with Crippen molar-refractivity contribution in [2.24, 2.45) is 0 Å². The molecule has 4 rings (SSSR count). The third kappa shape index (κ3) is 4.41. The van der Waals surface area contributed by atoms with Crippen molar-refractivity contribution in [2.45, 2.75) is 19.9 Å². The molecule has 0 fully saturated rings. The van der Waals surface area contributed by atoms with E-state index in [1.54, 1.807) is 24.7 Å². The van der Waals surface area contributed by atoms with Crippen LogP contribution in [0.15, 0.2) is 67.1 Å². The zero-order valence-electron chi connectivity index (χ0n) is 16.6. The molecule has 7 heteroatoms. The van der Waals surface area contributed by atoms with Gasteiger partial charge in [-0.2, -0.15) is 0 Å². The second-order valence-electron chi connectivity index (χ2n) is 7.18. The van der Waals surface area contributed by atoms with Crippen LogP contribution in [0, 0.1) is 5.82 Å². The molecule has 0 radical (unpaired) electrons. The lowest BCUT2D eigenvalue weighted by Gasteiger charge is -2.10. The molecule has 6 nitrogen and oxygen atoms in total. The summed E-state index contributed by atoms with van der Waals surface area (Å²) in [5.41, 5.74) is 2.01. The van der Waals surface area contributed by atoms with Gasteiger partial charge in [0.15, 0.2) is 0 Å². The zero-order chi connectivity index (χ0) is 21.1. The van der Waals surface area contributed by atoms with E-state index >= 15 is 0 Å². The molecule has 0 aliphatic heterocycles. The first-order valence-electron chi connectivity index (χ1n) is 9.53. The Labute approximate surface area is 173 Å². The van der Waals surface area contributed by atoms with Gasteiger partial charge in [0, 0.05) is 28.8 Å². The molecule has 0 atom stereocenters. The number of carbonyl (C=O) groups is 1. The van der Waals surface area contributed by atoms with Gasteiger partial charge in [-0.3, -0.25) is 9.78 Å². The number of hydrogen-bond acceptors (Lipinski definition) is 5. The third-order valence-electron chi connectivity index (χ3n) is 4.44. The Hall–Kier alpha value is -3.87. The van der Waals surface area contributed by atoms with Crippen molar-refractivity contribution in [3.63, 3.8) is 0 Å². The predicted molar refractivity (Wildman–Crippen MR) is 116 cm³/mol. The molecule has 0 unspecified atom stereocenters. The Morgan fingerprint density at radius 1 is 0.933 bits per heavy atom. The van der Waals surface area contributed by atoms with Gasteiger partial charge in [0.05, 0.1) is 18.1 Å². The highest BCUT2D eigenvalue weighted by Crippen LogP contribution is 2.25. The number of halogens is 1. The van der Waals surface area contributed by atoms with Gasteiger partial charge >= 0.3 is 0 Å². The Bertz CT molecular complexity index is 1210. The van der Waals surface area contributed by atoms with Crippen LogP contribution in [0.3, 0.4) is 0 Å². The number of carbonyl (C=O) groups excluding carboxylic acids is 1. The van der Waals surface area contributed by atoms with Crippen molar-refractivity contribution in [3.05, 3.63) is 78.5 Å². The van der Waals surface area contributed by atoms with E-state index in [-0.39, 0.29) is 11.9 Å². The molecule has 0 aliphatic rings. The van der Waals surface area contributed by atoms with Crippen LogP contribution in [0.4, 0.5) is 16.0 Å². The van der Waals surface area contributed by atoms with Crippen molar-refractivity contribution in [1.29, 1.82) is 0 Å². The predicted octanol–water partition coefficient (Wildman–Crippen LogP) is 4.90. The van der Waals surface area contributed by atoms with Crippen LogP contribution < -0.4 is 10.6 Å². The van der Waals surface area contributed by atoms with E-state index in [2.05, 4.69) is 25.6 Å². The fourth-order valence-electron chi connectivity index (χ4n) is 3.03. The van der Waals surface area contributed by atoms with E-state index in [0.717, 1.165) is 22.0 Å². The molecule has 0 spiro atoms. The van der Waals surface area contributed by atoms with E-state index in [9.17, 15) is 9.18 Å². The second kappa shape index (κ2) is 8.24. The highest BCUT2D eigenvalue weighted by atomic mass is 19.1. The normalized spacial score (nSPS) is 10.9. The van der Waals surface area contributed by atoms with Crippen LogP contribution in [0.1, 0.15) is 24.2 Å². The average molecular weight is 401 g/mol. The minimum Gasteiger partial charge on any atom is -0.367 e. The monoisotopic (exact) mass is 401 g/mol. The standard InChI is InChI=1S/C23H20FN5O/c1-14(2)27-22-13-25-12-20(28-22)16-3-4-17-11-26-21(10-18(17)9-16)29-23(30)15-5-7-19(24)8-6-15/h3-14H,1-2H3,(H,27,28)(H,26,29,30). The van der Waals surface area contributed by atoms with Crippen LogP contribution in [0.2, 0.25) is 0 Å². The quantitative estimate of drug-likeness (QED) is 0.497. The van der Waals surface area contributed by atoms with Crippen molar-refractivity contribution < 1.29 is 9.18 Å². The Kier molecular flexibility index (Phi) is 5.34. The van der Waals surface area contributed by atoms with Crippen LogP contribution >= 0.6 is 0 Å². The number of amides is 1. The maximum Gasteiger partial charge on any atom is 0.256 e. The minimum absolute atomic E-state index is 0.254. The summed E-state index contributed by atoms with van der Waals surface area (Å²) in [4.78, 5) is 25.6. The summed E-state index contributed by atoms with van der Waals surface area (Å²) in [6.07, 6.45) is 5.10. The summed E-state index contributed by atoms with van der Waals surface area (Å²) in [5.74, 6) is 0.384. The summed E-state index contributed by atoms with van der Waals surface area (Å²) < 4.78 is 13.1. The molecule has 0 aliphatic carbocycles. The maximum atomic E-state index is 13.1. The van der Waals surface area contributed by atoms with Crippen molar-refractivity contribution >= 4 is 28.3 Å². The first-order chi connectivity index (χ1) is 14.5. The van der Waals surface area contributed by atoms with Crippen molar-refractivity contribution in [1.82, 2.24) is 15.0 Å². The Morgan fingerprint density at radius 3 is 2.50 bits per heavy atom. The van der Waals surface area contributed by atoms with Crippen molar-refractivity contribution in [2.75, 3.05) is 10.6 Å². The van der Waals surface area contributed by atoms with Gasteiger partial charge in [-0.25, -0.2) is 14.4 Å². The first-order valence-corrected chi connectivity index (χ1v) is 9.53. The topological polar surface area (TPSA) is 79.8 Å². The molecule has 0 saturated heterocycles. The molecule has 0 bridgehead atoms. The molecule has 30 heavy (non-hydrogen) atoms. The van der Waals surface area contributed by atoms with Crippen LogP contribution in [0.25, 0.3) is 22.0 Å². The van der Waals surface area contributed by atoms with Gasteiger partial charge in [0.2, 0.25) is 0 Å². The molecule has 2 aromatic carbocycles. The van der Waals surface area contributed by atoms with Crippen LogP contribution in [-0.4, -0.2) is 26.9 Å². The molecule has 4 aromatic rings. The largest absolute Gasteiger partial charge is 0.367 e. The number of pyridine rings is 1. The van der Waals surface area contributed by atoms with E-state index in [4.69, 9.17) is 0 Å². The smallest absolute Gasteiger partial charge is 0.256 e. The molecule has 150 valence electrons. The van der Waals surface area contributed by atoms with E-state index in [1.165, 1.54) is 24.3 Å². The Balaban J connectivity index is 1.61. The van der Waals surface area contributed by atoms with Crippen LogP contribution in [-0.2, 0) is 0 Å². The second-order valence-corrected chi connectivity index (χ2v) is 7.18. The fourth-order valence-corrected chi connectivity index (χ4v) is 3.03. The van der Waals surface area contributed by atoms with E-state index in [1.807, 2.05) is 32.0 Å². The molecule has 2 aromatic heterocycles. The number of hydrogen-bond donors (Lipinski definition) is 2.